The number of rotatable bonds is 4. The second-order valence-electron chi connectivity index (χ2n) is 5.86. The zero-order valence-electron chi connectivity index (χ0n) is 11.9. The van der Waals surface area contributed by atoms with Crippen LogP contribution in [0.3, 0.4) is 0 Å². The molecule has 0 fully saturated rings. The SMILES string of the molecule is CNC/C(=C/c1ccc(C(C)(C)C)s1)C(C)C. The third-order valence-corrected chi connectivity index (χ3v) is 4.27. The summed E-state index contributed by atoms with van der Waals surface area (Å²) in [6, 6.07) is 4.50. The van der Waals surface area contributed by atoms with Crippen LogP contribution in [0.5, 0.6) is 0 Å². The van der Waals surface area contributed by atoms with Gasteiger partial charge in [0, 0.05) is 16.3 Å². The third-order valence-electron chi connectivity index (χ3n) is 2.82. The fourth-order valence-corrected chi connectivity index (χ4v) is 2.68. The van der Waals surface area contributed by atoms with Gasteiger partial charge in [-0.3, -0.25) is 0 Å². The number of likely N-dealkylation sites (N-methyl/N-ethyl adjacent to an activating group) is 1. The molecule has 0 aliphatic rings. The molecule has 96 valence electrons. The molecule has 0 spiro atoms. The summed E-state index contributed by atoms with van der Waals surface area (Å²) < 4.78 is 0. The Balaban J connectivity index is 2.93. The minimum absolute atomic E-state index is 0.262. The van der Waals surface area contributed by atoms with Crippen LogP contribution in [-0.2, 0) is 5.41 Å². The van der Waals surface area contributed by atoms with E-state index in [1.165, 1.54) is 15.3 Å². The van der Waals surface area contributed by atoms with Crippen molar-refractivity contribution < 1.29 is 0 Å². The van der Waals surface area contributed by atoms with Crippen LogP contribution < -0.4 is 5.32 Å². The minimum atomic E-state index is 0.262. The molecule has 17 heavy (non-hydrogen) atoms. The molecule has 0 saturated heterocycles. The van der Waals surface area contributed by atoms with Gasteiger partial charge >= 0.3 is 0 Å². The molecule has 1 nitrogen and oxygen atoms in total. The van der Waals surface area contributed by atoms with E-state index in [-0.39, 0.29) is 5.41 Å². The van der Waals surface area contributed by atoms with E-state index in [4.69, 9.17) is 0 Å². The van der Waals surface area contributed by atoms with Crippen molar-refractivity contribution >= 4 is 17.4 Å². The Morgan fingerprint density at radius 3 is 2.41 bits per heavy atom. The second kappa shape index (κ2) is 5.83. The summed E-state index contributed by atoms with van der Waals surface area (Å²) in [5.74, 6) is 0.600. The van der Waals surface area contributed by atoms with Crippen molar-refractivity contribution in [1.29, 1.82) is 0 Å². The molecule has 1 heterocycles. The van der Waals surface area contributed by atoms with Crippen molar-refractivity contribution in [2.45, 2.75) is 40.0 Å². The molecular formula is C15H25NS. The Morgan fingerprint density at radius 1 is 1.35 bits per heavy atom. The van der Waals surface area contributed by atoms with Crippen molar-refractivity contribution in [3.05, 3.63) is 27.5 Å². The van der Waals surface area contributed by atoms with Gasteiger partial charge in [0.2, 0.25) is 0 Å². The maximum absolute atomic E-state index is 3.24. The van der Waals surface area contributed by atoms with Crippen LogP contribution >= 0.6 is 11.3 Å². The first-order valence-corrected chi connectivity index (χ1v) is 7.11. The lowest BCUT2D eigenvalue weighted by atomic mass is 9.95. The quantitative estimate of drug-likeness (QED) is 0.841. The summed E-state index contributed by atoms with van der Waals surface area (Å²) in [4.78, 5) is 2.82. The van der Waals surface area contributed by atoms with Crippen LogP contribution in [0.25, 0.3) is 6.08 Å². The van der Waals surface area contributed by atoms with Crippen molar-refractivity contribution in [3.63, 3.8) is 0 Å². The predicted molar refractivity (Wildman–Crippen MR) is 79.8 cm³/mol. The van der Waals surface area contributed by atoms with Crippen LogP contribution in [0.4, 0.5) is 0 Å². The number of hydrogen-bond donors (Lipinski definition) is 1. The van der Waals surface area contributed by atoms with Crippen molar-refractivity contribution in [2.75, 3.05) is 13.6 Å². The van der Waals surface area contributed by atoms with Crippen molar-refractivity contribution in [2.24, 2.45) is 5.92 Å². The fraction of sp³-hybridized carbons (Fsp3) is 0.600. The summed E-state index contributed by atoms with van der Waals surface area (Å²) in [6.07, 6.45) is 2.33. The predicted octanol–water partition coefficient (Wildman–Crippen LogP) is 4.30. The molecule has 0 saturated carbocycles. The molecule has 0 bridgehead atoms. The summed E-state index contributed by atoms with van der Waals surface area (Å²) in [5, 5.41) is 3.24. The highest BCUT2D eigenvalue weighted by Gasteiger charge is 2.15. The summed E-state index contributed by atoms with van der Waals surface area (Å²) in [7, 11) is 2.01. The first kappa shape index (κ1) is 14.5. The van der Waals surface area contributed by atoms with Gasteiger partial charge in [0.25, 0.3) is 0 Å². The van der Waals surface area contributed by atoms with Crippen LogP contribution in [-0.4, -0.2) is 13.6 Å². The van der Waals surface area contributed by atoms with E-state index in [0.29, 0.717) is 5.92 Å². The van der Waals surface area contributed by atoms with Gasteiger partial charge in [0.05, 0.1) is 0 Å². The molecule has 2 heteroatoms. The van der Waals surface area contributed by atoms with E-state index in [2.05, 4.69) is 58.1 Å². The number of thiophene rings is 1. The Kier molecular flexibility index (Phi) is 4.96. The Morgan fingerprint density at radius 2 is 2.00 bits per heavy atom. The lowest BCUT2D eigenvalue weighted by Crippen LogP contribution is -2.13. The van der Waals surface area contributed by atoms with Gasteiger partial charge in [-0.05, 0) is 36.6 Å². The molecule has 0 aliphatic heterocycles. The van der Waals surface area contributed by atoms with Crippen LogP contribution in [0.15, 0.2) is 17.7 Å². The standard InChI is InChI=1S/C15H25NS/c1-11(2)12(10-16-6)9-13-7-8-14(17-13)15(3,4)5/h7-9,11,16H,10H2,1-6H3/b12-9-. The van der Waals surface area contributed by atoms with Gasteiger partial charge in [-0.15, -0.1) is 11.3 Å². The van der Waals surface area contributed by atoms with Crippen LogP contribution in [0.1, 0.15) is 44.4 Å². The number of nitrogens with one attached hydrogen (secondary N) is 1. The minimum Gasteiger partial charge on any atom is -0.316 e. The van der Waals surface area contributed by atoms with Gasteiger partial charge < -0.3 is 5.32 Å². The lowest BCUT2D eigenvalue weighted by Gasteiger charge is -2.15. The first-order chi connectivity index (χ1) is 7.84. The smallest absolute Gasteiger partial charge is 0.0273 e. The van der Waals surface area contributed by atoms with Gasteiger partial charge in [-0.25, -0.2) is 0 Å². The zero-order chi connectivity index (χ0) is 13.1. The Hall–Kier alpha value is -0.600. The van der Waals surface area contributed by atoms with E-state index in [1.807, 2.05) is 18.4 Å². The average molecular weight is 251 g/mol. The van der Waals surface area contributed by atoms with E-state index < -0.39 is 0 Å². The highest BCUT2D eigenvalue weighted by molar-refractivity contribution is 7.13. The monoisotopic (exact) mass is 251 g/mol. The molecule has 1 aromatic heterocycles. The van der Waals surface area contributed by atoms with E-state index in [1.54, 1.807) is 0 Å². The normalized spacial score (nSPS) is 13.5. The number of hydrogen-bond acceptors (Lipinski definition) is 2. The molecule has 1 aromatic rings. The van der Waals surface area contributed by atoms with Gasteiger partial charge in [0.15, 0.2) is 0 Å². The third kappa shape index (κ3) is 4.29. The van der Waals surface area contributed by atoms with Crippen molar-refractivity contribution in [3.8, 4) is 0 Å². The highest BCUT2D eigenvalue weighted by Crippen LogP contribution is 2.31. The molecule has 1 N–H and O–H groups in total. The Bertz CT molecular complexity index is 380. The van der Waals surface area contributed by atoms with Gasteiger partial charge in [-0.1, -0.05) is 40.2 Å². The maximum Gasteiger partial charge on any atom is 0.0273 e. The Labute approximate surface area is 110 Å². The van der Waals surface area contributed by atoms with Crippen LogP contribution in [0.2, 0.25) is 0 Å². The van der Waals surface area contributed by atoms with E-state index in [9.17, 15) is 0 Å². The molecule has 0 aliphatic carbocycles. The highest BCUT2D eigenvalue weighted by atomic mass is 32.1. The summed E-state index contributed by atoms with van der Waals surface area (Å²) in [6.45, 7) is 12.3. The first-order valence-electron chi connectivity index (χ1n) is 6.30. The fourth-order valence-electron chi connectivity index (χ4n) is 1.64. The summed E-state index contributed by atoms with van der Waals surface area (Å²) in [5.41, 5.74) is 1.73. The molecule has 0 unspecified atom stereocenters. The lowest BCUT2D eigenvalue weighted by molar-refractivity contribution is 0.604. The molecule has 0 amide bonds. The summed E-state index contributed by atoms with van der Waals surface area (Å²) >= 11 is 1.91. The van der Waals surface area contributed by atoms with E-state index in [0.717, 1.165) is 6.54 Å². The molecule has 0 aromatic carbocycles. The average Bonchev–Trinajstić information content (AvgIpc) is 2.64. The second-order valence-corrected chi connectivity index (χ2v) is 6.97. The largest absolute Gasteiger partial charge is 0.316 e. The topological polar surface area (TPSA) is 12.0 Å². The molecule has 0 radical (unpaired) electrons. The molecule has 1 rings (SSSR count). The molecule has 0 atom stereocenters. The van der Waals surface area contributed by atoms with Gasteiger partial charge in [-0.2, -0.15) is 0 Å². The van der Waals surface area contributed by atoms with Crippen LogP contribution in [0, 0.1) is 5.92 Å². The van der Waals surface area contributed by atoms with Gasteiger partial charge in [0.1, 0.15) is 0 Å². The molecular weight excluding hydrogens is 226 g/mol. The van der Waals surface area contributed by atoms with Crippen molar-refractivity contribution in [1.82, 2.24) is 5.32 Å². The van der Waals surface area contributed by atoms with E-state index >= 15 is 0 Å². The maximum atomic E-state index is 3.24. The zero-order valence-corrected chi connectivity index (χ0v) is 12.7.